The van der Waals surface area contributed by atoms with Gasteiger partial charge >= 0.3 is 5.97 Å². The number of hydrogen-bond donors (Lipinski definition) is 2. The van der Waals surface area contributed by atoms with E-state index >= 15 is 0 Å². The summed E-state index contributed by atoms with van der Waals surface area (Å²) in [6.45, 7) is 1.38. The molecule has 1 aromatic rings. The van der Waals surface area contributed by atoms with E-state index in [2.05, 4.69) is 0 Å². The second-order valence-electron chi connectivity index (χ2n) is 4.17. The highest BCUT2D eigenvalue weighted by atomic mass is 16.4. The molecule has 0 aliphatic carbocycles. The van der Waals surface area contributed by atoms with Crippen LogP contribution in [0.25, 0.3) is 0 Å². The van der Waals surface area contributed by atoms with E-state index in [9.17, 15) is 14.4 Å². The topological polar surface area (TPSA) is 101 Å². The summed E-state index contributed by atoms with van der Waals surface area (Å²) < 4.78 is 0. The minimum Gasteiger partial charge on any atom is -0.480 e. The molecule has 6 heteroatoms. The highest BCUT2D eigenvalue weighted by Crippen LogP contribution is 2.21. The van der Waals surface area contributed by atoms with Crippen molar-refractivity contribution in [2.45, 2.75) is 19.4 Å². The first kappa shape index (κ1) is 14.8. The third kappa shape index (κ3) is 3.62. The van der Waals surface area contributed by atoms with Gasteiger partial charge in [0.05, 0.1) is 5.69 Å². The normalized spacial score (nSPS) is 11.7. The number of benzene rings is 1. The van der Waals surface area contributed by atoms with Gasteiger partial charge in [-0.05, 0) is 12.1 Å². The largest absolute Gasteiger partial charge is 0.480 e. The zero-order valence-corrected chi connectivity index (χ0v) is 10.8. The third-order valence-electron chi connectivity index (χ3n) is 2.76. The Labute approximate surface area is 110 Å². The van der Waals surface area contributed by atoms with Crippen LogP contribution in [0.4, 0.5) is 5.69 Å². The number of Topliss-reactive ketones (excluding diaryl/α,β-unsaturated/α-hetero) is 1. The van der Waals surface area contributed by atoms with E-state index in [1.165, 1.54) is 11.8 Å². The predicted molar refractivity (Wildman–Crippen MR) is 70.1 cm³/mol. The smallest absolute Gasteiger partial charge is 0.320 e. The molecule has 1 atom stereocenters. The zero-order valence-electron chi connectivity index (χ0n) is 10.8. The van der Waals surface area contributed by atoms with Gasteiger partial charge in [0, 0.05) is 26.0 Å². The molecular weight excluding hydrogens is 248 g/mol. The molecule has 0 radical (unpaired) electrons. The first-order valence-corrected chi connectivity index (χ1v) is 5.69. The van der Waals surface area contributed by atoms with Crippen molar-refractivity contribution in [3.8, 4) is 0 Å². The van der Waals surface area contributed by atoms with Crippen LogP contribution in [0.1, 0.15) is 23.7 Å². The van der Waals surface area contributed by atoms with Gasteiger partial charge in [0.1, 0.15) is 6.04 Å². The van der Waals surface area contributed by atoms with E-state index in [0.717, 1.165) is 0 Å². The number of anilines is 1. The average molecular weight is 264 g/mol. The molecule has 6 nitrogen and oxygen atoms in total. The number of carboxylic acid groups (broad SMARTS) is 1. The molecule has 0 fully saturated rings. The average Bonchev–Trinajstić information content (AvgIpc) is 2.37. The van der Waals surface area contributed by atoms with E-state index in [1.807, 2.05) is 0 Å². The second kappa shape index (κ2) is 6.10. The minimum atomic E-state index is -1.25. The summed E-state index contributed by atoms with van der Waals surface area (Å²) in [4.78, 5) is 35.4. The number of ketones is 1. The number of rotatable bonds is 5. The highest BCUT2D eigenvalue weighted by molar-refractivity contribution is 6.06. The lowest BCUT2D eigenvalue weighted by atomic mass is 10.0. The van der Waals surface area contributed by atoms with Crippen molar-refractivity contribution >= 4 is 23.3 Å². The Morgan fingerprint density at radius 2 is 1.89 bits per heavy atom. The lowest BCUT2D eigenvalue weighted by Gasteiger charge is -2.18. The Morgan fingerprint density at radius 1 is 1.32 bits per heavy atom. The second-order valence-corrected chi connectivity index (χ2v) is 4.17. The Hall–Kier alpha value is -2.21. The molecule has 1 amide bonds. The molecule has 0 spiro atoms. The molecule has 0 saturated carbocycles. The number of hydrogen-bond acceptors (Lipinski definition) is 4. The van der Waals surface area contributed by atoms with Crippen LogP contribution >= 0.6 is 0 Å². The quantitative estimate of drug-likeness (QED) is 0.760. The van der Waals surface area contributed by atoms with Crippen LogP contribution in [0.5, 0.6) is 0 Å². The molecule has 0 aliphatic heterocycles. The number of carboxylic acids is 1. The van der Waals surface area contributed by atoms with E-state index < -0.39 is 17.8 Å². The molecule has 0 bridgehead atoms. The molecule has 1 rings (SSSR count). The van der Waals surface area contributed by atoms with Crippen molar-refractivity contribution in [2.24, 2.45) is 5.73 Å². The number of aliphatic carboxylic acids is 1. The lowest BCUT2D eigenvalue weighted by molar-refractivity contribution is -0.138. The standard InChI is InChI=1S/C13H16N2O4/c1-8(16)15(2)11-6-4-3-5-9(11)12(17)7-10(14)13(18)19/h3-6,10H,7,14H2,1-2H3,(H,18,19). The molecule has 1 unspecified atom stereocenters. The van der Waals surface area contributed by atoms with Crippen LogP contribution in [0.15, 0.2) is 24.3 Å². The van der Waals surface area contributed by atoms with Crippen LogP contribution in [0, 0.1) is 0 Å². The van der Waals surface area contributed by atoms with E-state index in [4.69, 9.17) is 10.8 Å². The van der Waals surface area contributed by atoms with Gasteiger partial charge in [-0.2, -0.15) is 0 Å². The maximum Gasteiger partial charge on any atom is 0.320 e. The van der Waals surface area contributed by atoms with Gasteiger partial charge < -0.3 is 15.7 Å². The van der Waals surface area contributed by atoms with Gasteiger partial charge in [0.2, 0.25) is 5.91 Å². The van der Waals surface area contributed by atoms with Gasteiger partial charge in [0.25, 0.3) is 0 Å². The maximum absolute atomic E-state index is 12.0. The summed E-state index contributed by atoms with van der Waals surface area (Å²) in [6, 6.07) is 5.27. The molecule has 19 heavy (non-hydrogen) atoms. The van der Waals surface area contributed by atoms with Crippen molar-refractivity contribution < 1.29 is 19.5 Å². The molecular formula is C13H16N2O4. The van der Waals surface area contributed by atoms with Crippen molar-refractivity contribution in [3.63, 3.8) is 0 Å². The number of nitrogens with two attached hydrogens (primary N) is 1. The molecule has 0 saturated heterocycles. The number of carbonyl (C=O) groups excluding carboxylic acids is 2. The van der Waals surface area contributed by atoms with E-state index in [-0.39, 0.29) is 17.9 Å². The molecule has 3 N–H and O–H groups in total. The number of amides is 1. The Morgan fingerprint density at radius 3 is 2.42 bits per heavy atom. The molecule has 0 aromatic heterocycles. The van der Waals surface area contributed by atoms with Crippen molar-refractivity contribution in [2.75, 3.05) is 11.9 Å². The van der Waals surface area contributed by atoms with Gasteiger partial charge in [0.15, 0.2) is 5.78 Å². The fourth-order valence-electron chi connectivity index (χ4n) is 1.57. The lowest BCUT2D eigenvalue weighted by Crippen LogP contribution is -2.33. The van der Waals surface area contributed by atoms with Gasteiger partial charge in [-0.15, -0.1) is 0 Å². The first-order chi connectivity index (χ1) is 8.84. The Bertz CT molecular complexity index is 513. The number of para-hydroxylation sites is 1. The van der Waals surface area contributed by atoms with E-state index in [0.29, 0.717) is 5.69 Å². The van der Waals surface area contributed by atoms with Crippen LogP contribution in [0.2, 0.25) is 0 Å². The third-order valence-corrected chi connectivity index (χ3v) is 2.76. The van der Waals surface area contributed by atoms with Crippen LogP contribution in [-0.4, -0.2) is 35.9 Å². The van der Waals surface area contributed by atoms with Crippen LogP contribution in [0.3, 0.4) is 0 Å². The summed E-state index contributed by atoms with van der Waals surface area (Å²) in [5.74, 6) is -1.85. The monoisotopic (exact) mass is 264 g/mol. The van der Waals surface area contributed by atoms with Gasteiger partial charge in [-0.3, -0.25) is 14.4 Å². The van der Waals surface area contributed by atoms with Gasteiger partial charge in [-0.1, -0.05) is 12.1 Å². The number of carbonyl (C=O) groups is 3. The number of nitrogens with zero attached hydrogens (tertiary/aromatic N) is 1. The SMILES string of the molecule is CC(=O)N(C)c1ccccc1C(=O)CC(N)C(=O)O. The summed E-state index contributed by atoms with van der Waals surface area (Å²) in [5.41, 5.74) is 6.07. The minimum absolute atomic E-state index is 0.220. The predicted octanol–water partition coefficient (Wildman–Crippen LogP) is 0.654. The van der Waals surface area contributed by atoms with Crippen molar-refractivity contribution in [1.82, 2.24) is 0 Å². The molecule has 102 valence electrons. The summed E-state index contributed by atoms with van der Waals surface area (Å²) in [5, 5.41) is 8.70. The molecule has 1 aromatic carbocycles. The highest BCUT2D eigenvalue weighted by Gasteiger charge is 2.21. The summed E-state index contributed by atoms with van der Waals surface area (Å²) >= 11 is 0. The first-order valence-electron chi connectivity index (χ1n) is 5.69. The molecule has 0 aliphatic rings. The fraction of sp³-hybridized carbons (Fsp3) is 0.308. The van der Waals surface area contributed by atoms with Crippen molar-refractivity contribution in [1.29, 1.82) is 0 Å². The Kier molecular flexibility index (Phi) is 4.77. The molecule has 0 heterocycles. The van der Waals surface area contributed by atoms with E-state index in [1.54, 1.807) is 31.3 Å². The van der Waals surface area contributed by atoms with Crippen LogP contribution in [-0.2, 0) is 9.59 Å². The fourth-order valence-corrected chi connectivity index (χ4v) is 1.57. The zero-order chi connectivity index (χ0) is 14.6. The maximum atomic E-state index is 12.0. The summed E-state index contributed by atoms with van der Waals surface area (Å²) in [7, 11) is 1.55. The van der Waals surface area contributed by atoms with Gasteiger partial charge in [-0.25, -0.2) is 0 Å². The summed E-state index contributed by atoms with van der Waals surface area (Å²) in [6.07, 6.45) is -0.307. The van der Waals surface area contributed by atoms with Crippen LogP contribution < -0.4 is 10.6 Å². The Balaban J connectivity index is 3.04. The van der Waals surface area contributed by atoms with Crippen molar-refractivity contribution in [3.05, 3.63) is 29.8 Å².